The Kier molecular flexibility index (Phi) is 4.19. The molecule has 0 saturated heterocycles. The number of fused-ring (bicyclic) bond motifs is 1. The molecule has 2 aromatic rings. The number of thiazole rings is 1. The van der Waals surface area contributed by atoms with Crippen molar-refractivity contribution >= 4 is 11.3 Å². The lowest BCUT2D eigenvalue weighted by molar-refractivity contribution is 0.450. The first-order chi connectivity index (χ1) is 10.4. The highest BCUT2D eigenvalue weighted by Gasteiger charge is 2.21. The molecule has 22 heavy (non-hydrogen) atoms. The summed E-state index contributed by atoms with van der Waals surface area (Å²) in [4.78, 5) is 19.1. The maximum absolute atomic E-state index is 11.4. The van der Waals surface area contributed by atoms with Crippen LogP contribution in [0.2, 0.25) is 0 Å². The van der Waals surface area contributed by atoms with Gasteiger partial charge in [0, 0.05) is 35.1 Å². The second-order valence-corrected chi connectivity index (χ2v) is 7.83. The molecule has 2 N–H and O–H groups in total. The molecular formula is C17H23N3OS. The summed E-state index contributed by atoms with van der Waals surface area (Å²) < 4.78 is 0. The van der Waals surface area contributed by atoms with Gasteiger partial charge >= 0.3 is 0 Å². The molecule has 0 amide bonds. The van der Waals surface area contributed by atoms with Gasteiger partial charge in [-0.2, -0.15) is 0 Å². The summed E-state index contributed by atoms with van der Waals surface area (Å²) >= 11 is 1.73. The summed E-state index contributed by atoms with van der Waals surface area (Å²) in [5.41, 5.74) is 3.53. The minimum absolute atomic E-state index is 0.00581. The van der Waals surface area contributed by atoms with Crippen LogP contribution in [0.1, 0.15) is 61.6 Å². The van der Waals surface area contributed by atoms with Crippen LogP contribution in [0.25, 0.3) is 0 Å². The SMILES string of the molecule is CC(C)(C)c1nc(CN[C@H]2CCCc3[nH]c(=O)ccc32)cs1. The maximum Gasteiger partial charge on any atom is 0.248 e. The van der Waals surface area contributed by atoms with Gasteiger partial charge in [-0.1, -0.05) is 26.8 Å². The molecule has 0 fully saturated rings. The number of hydrogen-bond donors (Lipinski definition) is 2. The largest absolute Gasteiger partial charge is 0.326 e. The van der Waals surface area contributed by atoms with Crippen molar-refractivity contribution in [3.8, 4) is 0 Å². The van der Waals surface area contributed by atoms with Crippen molar-refractivity contribution in [2.45, 2.75) is 58.0 Å². The zero-order valence-electron chi connectivity index (χ0n) is 13.4. The molecule has 0 unspecified atom stereocenters. The lowest BCUT2D eigenvalue weighted by Gasteiger charge is -2.25. The minimum Gasteiger partial charge on any atom is -0.326 e. The molecule has 0 aliphatic heterocycles. The lowest BCUT2D eigenvalue weighted by Crippen LogP contribution is -2.27. The first kappa shape index (κ1) is 15.4. The molecule has 5 heteroatoms. The van der Waals surface area contributed by atoms with E-state index in [0.717, 1.165) is 37.2 Å². The topological polar surface area (TPSA) is 57.8 Å². The maximum atomic E-state index is 11.4. The number of rotatable bonds is 3. The first-order valence-corrected chi connectivity index (χ1v) is 8.72. The van der Waals surface area contributed by atoms with Gasteiger partial charge in [0.2, 0.25) is 5.56 Å². The molecular weight excluding hydrogens is 294 g/mol. The molecule has 118 valence electrons. The van der Waals surface area contributed by atoms with E-state index in [1.54, 1.807) is 17.4 Å². The summed E-state index contributed by atoms with van der Waals surface area (Å²) in [7, 11) is 0. The van der Waals surface area contributed by atoms with Crippen molar-refractivity contribution in [1.82, 2.24) is 15.3 Å². The van der Waals surface area contributed by atoms with Crippen LogP contribution >= 0.6 is 11.3 Å². The molecule has 1 aliphatic carbocycles. The van der Waals surface area contributed by atoms with Crippen LogP contribution in [0.5, 0.6) is 0 Å². The summed E-state index contributed by atoms with van der Waals surface area (Å²) in [6.45, 7) is 7.35. The van der Waals surface area contributed by atoms with E-state index in [4.69, 9.17) is 4.98 Å². The highest BCUT2D eigenvalue weighted by molar-refractivity contribution is 7.09. The Morgan fingerprint density at radius 2 is 2.23 bits per heavy atom. The van der Waals surface area contributed by atoms with Gasteiger partial charge in [-0.25, -0.2) is 4.98 Å². The monoisotopic (exact) mass is 317 g/mol. The van der Waals surface area contributed by atoms with E-state index in [9.17, 15) is 4.79 Å². The Morgan fingerprint density at radius 3 is 2.95 bits per heavy atom. The molecule has 4 nitrogen and oxygen atoms in total. The van der Waals surface area contributed by atoms with Gasteiger partial charge in [-0.15, -0.1) is 11.3 Å². The Morgan fingerprint density at radius 1 is 1.41 bits per heavy atom. The lowest BCUT2D eigenvalue weighted by atomic mass is 9.91. The second kappa shape index (κ2) is 5.97. The van der Waals surface area contributed by atoms with Crippen LogP contribution in [-0.2, 0) is 18.4 Å². The fourth-order valence-corrected chi connectivity index (χ4v) is 3.78. The quantitative estimate of drug-likeness (QED) is 0.913. The van der Waals surface area contributed by atoms with Crippen LogP contribution in [-0.4, -0.2) is 9.97 Å². The number of nitrogens with zero attached hydrogens (tertiary/aromatic N) is 1. The minimum atomic E-state index is -0.00581. The van der Waals surface area contributed by atoms with Crippen molar-refractivity contribution in [2.75, 3.05) is 0 Å². The fourth-order valence-electron chi connectivity index (χ4n) is 2.87. The Balaban J connectivity index is 1.70. The smallest absolute Gasteiger partial charge is 0.248 e. The van der Waals surface area contributed by atoms with Crippen molar-refractivity contribution in [2.24, 2.45) is 0 Å². The van der Waals surface area contributed by atoms with Gasteiger partial charge in [0.1, 0.15) is 0 Å². The molecule has 0 spiro atoms. The van der Waals surface area contributed by atoms with Crippen molar-refractivity contribution < 1.29 is 0 Å². The van der Waals surface area contributed by atoms with E-state index in [2.05, 4.69) is 36.5 Å². The van der Waals surface area contributed by atoms with Gasteiger partial charge in [-0.05, 0) is 24.8 Å². The average Bonchev–Trinajstić information content (AvgIpc) is 2.93. The van der Waals surface area contributed by atoms with Crippen molar-refractivity contribution in [1.29, 1.82) is 0 Å². The van der Waals surface area contributed by atoms with E-state index in [1.807, 2.05) is 6.07 Å². The average molecular weight is 317 g/mol. The normalized spacial score (nSPS) is 18.2. The van der Waals surface area contributed by atoms with Gasteiger partial charge in [0.15, 0.2) is 0 Å². The molecule has 2 aromatic heterocycles. The van der Waals surface area contributed by atoms with Crippen molar-refractivity contribution in [3.05, 3.63) is 49.8 Å². The zero-order valence-corrected chi connectivity index (χ0v) is 14.2. The molecule has 0 radical (unpaired) electrons. The van der Waals surface area contributed by atoms with Gasteiger partial charge in [0.05, 0.1) is 10.7 Å². The number of aromatic nitrogens is 2. The van der Waals surface area contributed by atoms with Crippen LogP contribution in [0.15, 0.2) is 22.3 Å². The van der Waals surface area contributed by atoms with E-state index in [0.29, 0.717) is 6.04 Å². The van der Waals surface area contributed by atoms with Crippen LogP contribution in [0, 0.1) is 0 Å². The standard InChI is InChI=1S/C17H23N3OS/c1-17(2,3)16-19-11(10-22-16)9-18-13-5-4-6-14-12(13)7-8-15(21)20-14/h7-8,10,13,18H,4-6,9H2,1-3H3,(H,20,21)/t13-/m0/s1. The zero-order chi connectivity index (χ0) is 15.7. The van der Waals surface area contributed by atoms with Crippen molar-refractivity contribution in [3.63, 3.8) is 0 Å². The van der Waals surface area contributed by atoms with Crippen LogP contribution < -0.4 is 10.9 Å². The predicted octanol–water partition coefficient (Wildman–Crippen LogP) is 3.30. The molecule has 1 aliphatic rings. The molecule has 0 saturated carbocycles. The van der Waals surface area contributed by atoms with E-state index < -0.39 is 0 Å². The number of hydrogen-bond acceptors (Lipinski definition) is 4. The number of aryl methyl sites for hydroxylation is 1. The summed E-state index contributed by atoms with van der Waals surface area (Å²) in [6, 6.07) is 3.90. The molecule has 3 rings (SSSR count). The van der Waals surface area contributed by atoms with E-state index in [-0.39, 0.29) is 11.0 Å². The Hall–Kier alpha value is -1.46. The molecule has 1 atom stereocenters. The molecule has 2 heterocycles. The Bertz CT molecular complexity index is 711. The molecule has 0 bridgehead atoms. The third kappa shape index (κ3) is 3.31. The summed E-state index contributed by atoms with van der Waals surface area (Å²) in [6.07, 6.45) is 3.18. The van der Waals surface area contributed by atoms with Gasteiger partial charge in [0.25, 0.3) is 0 Å². The van der Waals surface area contributed by atoms with Crippen LogP contribution in [0.3, 0.4) is 0 Å². The summed E-state index contributed by atoms with van der Waals surface area (Å²) in [5, 5.41) is 6.92. The van der Waals surface area contributed by atoms with E-state index in [1.165, 1.54) is 10.6 Å². The van der Waals surface area contributed by atoms with Gasteiger partial charge in [-0.3, -0.25) is 4.79 Å². The number of nitrogens with one attached hydrogen (secondary N) is 2. The Labute approximate surface area is 135 Å². The third-order valence-electron chi connectivity index (χ3n) is 4.05. The first-order valence-electron chi connectivity index (χ1n) is 7.84. The highest BCUT2D eigenvalue weighted by atomic mass is 32.1. The van der Waals surface area contributed by atoms with Gasteiger partial charge < -0.3 is 10.3 Å². The van der Waals surface area contributed by atoms with E-state index >= 15 is 0 Å². The summed E-state index contributed by atoms with van der Waals surface area (Å²) in [5.74, 6) is 0. The fraction of sp³-hybridized carbons (Fsp3) is 0.529. The number of H-pyrrole nitrogens is 1. The second-order valence-electron chi connectivity index (χ2n) is 6.98. The number of aromatic amines is 1. The number of pyridine rings is 1. The molecule has 0 aromatic carbocycles. The highest BCUT2D eigenvalue weighted by Crippen LogP contribution is 2.29. The third-order valence-corrected chi connectivity index (χ3v) is 5.37. The van der Waals surface area contributed by atoms with Crippen LogP contribution in [0.4, 0.5) is 0 Å². The predicted molar refractivity (Wildman–Crippen MR) is 90.4 cm³/mol.